The second kappa shape index (κ2) is 6.85. The minimum atomic E-state index is -0.231. The number of hydrogen-bond acceptors (Lipinski definition) is 3. The van der Waals surface area contributed by atoms with Crippen LogP contribution in [0.3, 0.4) is 0 Å². The predicted octanol–water partition coefficient (Wildman–Crippen LogP) is 2.17. The molecule has 0 spiro atoms. The third kappa shape index (κ3) is 3.79. The van der Waals surface area contributed by atoms with Crippen LogP contribution in [0.5, 0.6) is 11.5 Å². The first kappa shape index (κ1) is 15.0. The lowest BCUT2D eigenvalue weighted by molar-refractivity contribution is -0.116. The van der Waals surface area contributed by atoms with Crippen molar-refractivity contribution in [3.63, 3.8) is 0 Å². The zero-order chi connectivity index (χ0) is 15.2. The summed E-state index contributed by atoms with van der Waals surface area (Å²) in [5.41, 5.74) is 1.96. The second-order valence-electron chi connectivity index (χ2n) is 4.82. The minimum Gasteiger partial charge on any atom is -0.493 e. The average molecular weight is 285 g/mol. The molecule has 0 saturated heterocycles. The largest absolute Gasteiger partial charge is 0.493 e. The van der Waals surface area contributed by atoms with Gasteiger partial charge in [-0.05, 0) is 32.1 Å². The zero-order valence-corrected chi connectivity index (χ0v) is 12.3. The first-order valence-corrected chi connectivity index (χ1v) is 6.99. The molecular weight excluding hydrogens is 266 g/mol. The van der Waals surface area contributed by atoms with Crippen LogP contribution in [0.25, 0.3) is 6.08 Å². The van der Waals surface area contributed by atoms with Crippen molar-refractivity contribution in [1.29, 1.82) is 0 Å². The summed E-state index contributed by atoms with van der Waals surface area (Å²) in [5.74, 6) is 3.74. The summed E-state index contributed by atoms with van der Waals surface area (Å²) >= 11 is 0. The molecule has 0 aliphatic carbocycles. The highest BCUT2D eigenvalue weighted by atomic mass is 16.5. The number of terminal acetylenes is 1. The number of benzene rings is 1. The third-order valence-electron chi connectivity index (χ3n) is 3.11. The van der Waals surface area contributed by atoms with Gasteiger partial charge in [-0.1, -0.05) is 5.92 Å². The SMILES string of the molecule is C#CCNC(=O)/C=C/c1cc2c(cc1OCC)CC(C)O2. The monoisotopic (exact) mass is 285 g/mol. The molecule has 1 aromatic carbocycles. The van der Waals surface area contributed by atoms with Crippen LogP contribution in [0.15, 0.2) is 18.2 Å². The fourth-order valence-corrected chi connectivity index (χ4v) is 2.23. The number of rotatable bonds is 5. The van der Waals surface area contributed by atoms with E-state index in [9.17, 15) is 4.79 Å². The van der Waals surface area contributed by atoms with Crippen LogP contribution in [0.2, 0.25) is 0 Å². The Balaban J connectivity index is 2.22. The molecule has 110 valence electrons. The standard InChI is InChI=1S/C17H19NO3/c1-4-8-18-17(19)7-6-13-10-16-14(9-12(3)21-16)11-15(13)20-5-2/h1,6-7,10-12H,5,8-9H2,2-3H3,(H,18,19)/b7-6+. The van der Waals surface area contributed by atoms with E-state index in [2.05, 4.69) is 11.2 Å². The smallest absolute Gasteiger partial charge is 0.244 e. The van der Waals surface area contributed by atoms with E-state index in [0.29, 0.717) is 6.61 Å². The molecule has 1 aliphatic rings. The maximum Gasteiger partial charge on any atom is 0.244 e. The highest BCUT2D eigenvalue weighted by Gasteiger charge is 2.21. The van der Waals surface area contributed by atoms with Crippen molar-refractivity contribution in [3.05, 3.63) is 29.3 Å². The predicted molar refractivity (Wildman–Crippen MR) is 82.3 cm³/mol. The molecule has 4 nitrogen and oxygen atoms in total. The summed E-state index contributed by atoms with van der Waals surface area (Å²) < 4.78 is 11.4. The van der Waals surface area contributed by atoms with Gasteiger partial charge in [-0.3, -0.25) is 4.79 Å². The number of carbonyl (C=O) groups is 1. The molecule has 0 aromatic heterocycles. The van der Waals surface area contributed by atoms with Gasteiger partial charge in [0, 0.05) is 23.6 Å². The van der Waals surface area contributed by atoms with Gasteiger partial charge >= 0.3 is 0 Å². The highest BCUT2D eigenvalue weighted by molar-refractivity contribution is 5.92. The lowest BCUT2D eigenvalue weighted by Gasteiger charge is -2.10. The van der Waals surface area contributed by atoms with Crippen LogP contribution in [0, 0.1) is 12.3 Å². The van der Waals surface area contributed by atoms with Gasteiger partial charge in [0.25, 0.3) is 0 Å². The molecule has 1 amide bonds. The Morgan fingerprint density at radius 2 is 2.43 bits per heavy atom. The first-order valence-electron chi connectivity index (χ1n) is 6.99. The average Bonchev–Trinajstić information content (AvgIpc) is 2.82. The maximum absolute atomic E-state index is 11.6. The van der Waals surface area contributed by atoms with Gasteiger partial charge < -0.3 is 14.8 Å². The van der Waals surface area contributed by atoms with Crippen molar-refractivity contribution < 1.29 is 14.3 Å². The summed E-state index contributed by atoms with van der Waals surface area (Å²) in [4.78, 5) is 11.6. The number of ether oxygens (including phenoxy) is 2. The summed E-state index contributed by atoms with van der Waals surface area (Å²) in [6.45, 7) is 4.74. The van der Waals surface area contributed by atoms with Crippen molar-refractivity contribution in [2.75, 3.05) is 13.2 Å². The van der Waals surface area contributed by atoms with E-state index in [0.717, 1.165) is 29.0 Å². The summed E-state index contributed by atoms with van der Waals surface area (Å²) in [6.07, 6.45) is 9.30. The second-order valence-corrected chi connectivity index (χ2v) is 4.82. The molecule has 1 aromatic rings. The Bertz CT molecular complexity index is 599. The quantitative estimate of drug-likeness (QED) is 0.666. The molecule has 0 saturated carbocycles. The molecule has 1 N–H and O–H groups in total. The van der Waals surface area contributed by atoms with Crippen molar-refractivity contribution in [3.8, 4) is 23.8 Å². The summed E-state index contributed by atoms with van der Waals surface area (Å²) in [5, 5.41) is 2.58. The van der Waals surface area contributed by atoms with Crippen molar-refractivity contribution in [2.24, 2.45) is 0 Å². The van der Waals surface area contributed by atoms with Crippen LogP contribution in [-0.4, -0.2) is 25.2 Å². The molecule has 0 bridgehead atoms. The van der Waals surface area contributed by atoms with E-state index in [-0.39, 0.29) is 18.6 Å². The number of hydrogen-bond donors (Lipinski definition) is 1. The molecule has 1 atom stereocenters. The number of fused-ring (bicyclic) bond motifs is 1. The van der Waals surface area contributed by atoms with E-state index >= 15 is 0 Å². The molecule has 21 heavy (non-hydrogen) atoms. The Labute approximate surface area is 125 Å². The van der Waals surface area contributed by atoms with Gasteiger partial charge in [0.1, 0.15) is 17.6 Å². The van der Waals surface area contributed by atoms with Gasteiger partial charge in [-0.2, -0.15) is 0 Å². The molecule has 2 rings (SSSR count). The topological polar surface area (TPSA) is 47.6 Å². The van der Waals surface area contributed by atoms with E-state index in [1.807, 2.05) is 26.0 Å². The van der Waals surface area contributed by atoms with Crippen LogP contribution < -0.4 is 14.8 Å². The Hall–Kier alpha value is -2.41. The van der Waals surface area contributed by atoms with Crippen LogP contribution in [0.4, 0.5) is 0 Å². The molecule has 0 radical (unpaired) electrons. The fraction of sp³-hybridized carbons (Fsp3) is 0.353. The van der Waals surface area contributed by atoms with E-state index < -0.39 is 0 Å². The fourth-order valence-electron chi connectivity index (χ4n) is 2.23. The van der Waals surface area contributed by atoms with Gasteiger partial charge in [-0.25, -0.2) is 0 Å². The lowest BCUT2D eigenvalue weighted by atomic mass is 10.1. The lowest BCUT2D eigenvalue weighted by Crippen LogP contribution is -2.20. The van der Waals surface area contributed by atoms with Gasteiger partial charge in [0.15, 0.2) is 0 Å². The number of nitrogens with one attached hydrogen (secondary N) is 1. The van der Waals surface area contributed by atoms with Gasteiger partial charge in [0.05, 0.1) is 13.2 Å². The van der Waals surface area contributed by atoms with E-state index in [1.54, 1.807) is 6.08 Å². The summed E-state index contributed by atoms with van der Waals surface area (Å²) in [6, 6.07) is 3.90. The van der Waals surface area contributed by atoms with E-state index in [1.165, 1.54) is 6.08 Å². The van der Waals surface area contributed by atoms with Crippen molar-refractivity contribution in [1.82, 2.24) is 5.32 Å². The Morgan fingerprint density at radius 1 is 1.62 bits per heavy atom. The zero-order valence-electron chi connectivity index (χ0n) is 12.3. The van der Waals surface area contributed by atoms with Gasteiger partial charge in [0.2, 0.25) is 5.91 Å². The van der Waals surface area contributed by atoms with Crippen LogP contribution >= 0.6 is 0 Å². The molecular formula is C17H19NO3. The molecule has 1 heterocycles. The third-order valence-corrected chi connectivity index (χ3v) is 3.11. The summed E-state index contributed by atoms with van der Waals surface area (Å²) in [7, 11) is 0. The molecule has 1 aliphatic heterocycles. The van der Waals surface area contributed by atoms with Crippen LogP contribution in [-0.2, 0) is 11.2 Å². The van der Waals surface area contributed by atoms with Crippen molar-refractivity contribution in [2.45, 2.75) is 26.4 Å². The molecule has 4 heteroatoms. The number of carbonyl (C=O) groups excluding carboxylic acids is 1. The maximum atomic E-state index is 11.6. The highest BCUT2D eigenvalue weighted by Crippen LogP contribution is 2.35. The van der Waals surface area contributed by atoms with E-state index in [4.69, 9.17) is 15.9 Å². The minimum absolute atomic E-state index is 0.174. The first-order chi connectivity index (χ1) is 10.1. The van der Waals surface area contributed by atoms with Crippen molar-refractivity contribution >= 4 is 12.0 Å². The van der Waals surface area contributed by atoms with Crippen LogP contribution in [0.1, 0.15) is 25.0 Å². The Kier molecular flexibility index (Phi) is 4.89. The Morgan fingerprint density at radius 3 is 3.14 bits per heavy atom. The number of amides is 1. The normalized spacial score (nSPS) is 16.1. The molecule has 0 fully saturated rings. The molecule has 1 unspecified atom stereocenters. The van der Waals surface area contributed by atoms with Gasteiger partial charge in [-0.15, -0.1) is 6.42 Å².